The van der Waals surface area contributed by atoms with E-state index in [2.05, 4.69) is 41.0 Å². The second kappa shape index (κ2) is 16.4. The highest BCUT2D eigenvalue weighted by atomic mass is 16.5. The molecule has 0 aliphatic rings. The Labute approximate surface area is 226 Å². The highest BCUT2D eigenvalue weighted by Gasteiger charge is 2.09. The third-order valence-electron chi connectivity index (χ3n) is 5.05. The Morgan fingerprint density at radius 1 is 0.769 bits per heavy atom. The minimum absolute atomic E-state index is 0.0996. The molecule has 0 saturated carbocycles. The fraction of sp³-hybridized carbons (Fsp3) is 0.346. The topological polar surface area (TPSA) is 158 Å². The summed E-state index contributed by atoms with van der Waals surface area (Å²) < 4.78 is 21.0. The predicted octanol–water partition coefficient (Wildman–Crippen LogP) is 2.08. The number of hydrogen-bond donors (Lipinski definition) is 4. The van der Waals surface area contributed by atoms with Gasteiger partial charge < -0.3 is 40.2 Å². The average molecular weight is 540 g/mol. The Morgan fingerprint density at radius 2 is 1.46 bits per heavy atom. The van der Waals surface area contributed by atoms with Gasteiger partial charge in [0, 0.05) is 30.4 Å². The summed E-state index contributed by atoms with van der Waals surface area (Å²) in [6, 6.07) is 16.3. The minimum Gasteiger partial charge on any atom is -0.497 e. The summed E-state index contributed by atoms with van der Waals surface area (Å²) >= 11 is 0. The van der Waals surface area contributed by atoms with Crippen molar-refractivity contribution in [3.63, 3.8) is 0 Å². The molecule has 1 heterocycles. The molecule has 0 fully saturated rings. The molecule has 0 atom stereocenters. The van der Waals surface area contributed by atoms with Gasteiger partial charge in [0.2, 0.25) is 17.8 Å². The molecule has 208 valence electrons. The Kier molecular flexibility index (Phi) is 12.2. The van der Waals surface area contributed by atoms with Gasteiger partial charge in [-0.3, -0.25) is 9.59 Å². The number of nitrogens with zero attached hydrogens (tertiary/aromatic N) is 3. The number of aromatic nitrogens is 3. The fourth-order valence-electron chi connectivity index (χ4n) is 3.13. The number of rotatable bonds is 17. The van der Waals surface area contributed by atoms with Gasteiger partial charge in [-0.25, -0.2) is 0 Å². The second-order valence-corrected chi connectivity index (χ2v) is 7.87. The van der Waals surface area contributed by atoms with Crippen molar-refractivity contribution in [2.24, 2.45) is 0 Å². The minimum atomic E-state index is -0.457. The Morgan fingerprint density at radius 3 is 2.18 bits per heavy atom. The SMILES string of the molecule is COC(=O)CNc1nc(NCCOCCOCCNC(=O)c2ccccc2)nc(Nc2cccc(OC)c2)n1. The maximum absolute atomic E-state index is 12.0. The van der Waals surface area contributed by atoms with Crippen LogP contribution >= 0.6 is 0 Å². The van der Waals surface area contributed by atoms with Crippen LogP contribution in [0.4, 0.5) is 23.5 Å². The molecule has 0 aliphatic heterocycles. The van der Waals surface area contributed by atoms with Crippen molar-refractivity contribution in [2.45, 2.75) is 0 Å². The number of ether oxygens (including phenoxy) is 4. The number of amides is 1. The monoisotopic (exact) mass is 539 g/mol. The van der Waals surface area contributed by atoms with Gasteiger partial charge in [0.05, 0.1) is 40.6 Å². The molecule has 1 aromatic heterocycles. The van der Waals surface area contributed by atoms with Gasteiger partial charge in [-0.05, 0) is 24.3 Å². The summed E-state index contributed by atoms with van der Waals surface area (Å²) in [7, 11) is 2.88. The van der Waals surface area contributed by atoms with E-state index < -0.39 is 5.97 Å². The fourth-order valence-corrected chi connectivity index (χ4v) is 3.13. The Hall–Kier alpha value is -4.49. The van der Waals surface area contributed by atoms with Gasteiger partial charge >= 0.3 is 5.97 Å². The zero-order valence-electron chi connectivity index (χ0n) is 21.9. The summed E-state index contributed by atoms with van der Waals surface area (Å²) in [5, 5.41) is 11.8. The molecular weight excluding hydrogens is 506 g/mol. The number of esters is 1. The van der Waals surface area contributed by atoms with Crippen molar-refractivity contribution in [1.82, 2.24) is 20.3 Å². The number of benzene rings is 2. The van der Waals surface area contributed by atoms with E-state index in [-0.39, 0.29) is 30.3 Å². The van der Waals surface area contributed by atoms with E-state index in [4.69, 9.17) is 14.2 Å². The van der Waals surface area contributed by atoms with Crippen LogP contribution in [0.1, 0.15) is 10.4 Å². The van der Waals surface area contributed by atoms with E-state index in [1.165, 1.54) is 7.11 Å². The van der Waals surface area contributed by atoms with Crippen LogP contribution in [0.25, 0.3) is 0 Å². The van der Waals surface area contributed by atoms with Crippen molar-refractivity contribution in [3.8, 4) is 5.75 Å². The highest BCUT2D eigenvalue weighted by molar-refractivity contribution is 5.94. The molecule has 13 nitrogen and oxygen atoms in total. The van der Waals surface area contributed by atoms with Crippen molar-refractivity contribution >= 4 is 35.4 Å². The molecule has 0 aliphatic carbocycles. The molecule has 3 rings (SSSR count). The lowest BCUT2D eigenvalue weighted by atomic mass is 10.2. The van der Waals surface area contributed by atoms with Crippen LogP contribution in [0.3, 0.4) is 0 Å². The molecule has 39 heavy (non-hydrogen) atoms. The Bertz CT molecular complexity index is 1180. The largest absolute Gasteiger partial charge is 0.497 e. The first-order chi connectivity index (χ1) is 19.1. The first-order valence-electron chi connectivity index (χ1n) is 12.3. The van der Waals surface area contributed by atoms with Crippen molar-refractivity contribution in [3.05, 3.63) is 60.2 Å². The summed E-state index contributed by atoms with van der Waals surface area (Å²) in [6.07, 6.45) is 0. The highest BCUT2D eigenvalue weighted by Crippen LogP contribution is 2.20. The van der Waals surface area contributed by atoms with E-state index in [0.717, 1.165) is 0 Å². The lowest BCUT2D eigenvalue weighted by Crippen LogP contribution is -2.27. The molecule has 1 amide bonds. The smallest absolute Gasteiger partial charge is 0.325 e. The molecule has 0 bridgehead atoms. The second-order valence-electron chi connectivity index (χ2n) is 7.87. The van der Waals surface area contributed by atoms with Crippen LogP contribution in [0.15, 0.2) is 54.6 Å². The summed E-state index contributed by atoms with van der Waals surface area (Å²) in [5.41, 5.74) is 1.33. The summed E-state index contributed by atoms with van der Waals surface area (Å²) in [6.45, 7) is 2.28. The van der Waals surface area contributed by atoms with Gasteiger partial charge in [0.25, 0.3) is 5.91 Å². The van der Waals surface area contributed by atoms with Crippen molar-refractivity contribution < 1.29 is 28.5 Å². The third-order valence-corrected chi connectivity index (χ3v) is 5.05. The molecule has 3 aromatic rings. The number of methoxy groups -OCH3 is 2. The van der Waals surface area contributed by atoms with Crippen LogP contribution in [-0.2, 0) is 19.0 Å². The van der Waals surface area contributed by atoms with Gasteiger partial charge in [-0.2, -0.15) is 15.0 Å². The van der Waals surface area contributed by atoms with Crippen LogP contribution in [0.2, 0.25) is 0 Å². The maximum atomic E-state index is 12.0. The van der Waals surface area contributed by atoms with Crippen LogP contribution in [0.5, 0.6) is 5.75 Å². The van der Waals surface area contributed by atoms with Crippen LogP contribution in [0, 0.1) is 0 Å². The molecule has 13 heteroatoms. The van der Waals surface area contributed by atoms with E-state index in [1.807, 2.05) is 36.4 Å². The van der Waals surface area contributed by atoms with E-state index >= 15 is 0 Å². The molecule has 0 unspecified atom stereocenters. The number of carbonyl (C=O) groups is 2. The third kappa shape index (κ3) is 10.8. The van der Waals surface area contributed by atoms with Crippen LogP contribution in [-0.4, -0.2) is 87.1 Å². The number of hydrogen-bond acceptors (Lipinski definition) is 12. The number of carbonyl (C=O) groups excluding carboxylic acids is 2. The van der Waals surface area contributed by atoms with Crippen molar-refractivity contribution in [1.29, 1.82) is 0 Å². The lowest BCUT2D eigenvalue weighted by molar-refractivity contribution is -0.138. The summed E-state index contributed by atoms with van der Waals surface area (Å²) in [5.74, 6) is 0.830. The van der Waals surface area contributed by atoms with Crippen LogP contribution < -0.4 is 26.0 Å². The maximum Gasteiger partial charge on any atom is 0.325 e. The average Bonchev–Trinajstić information content (AvgIpc) is 2.97. The van der Waals surface area contributed by atoms with E-state index in [1.54, 1.807) is 25.3 Å². The first-order valence-corrected chi connectivity index (χ1v) is 12.3. The molecule has 2 aromatic carbocycles. The molecule has 0 spiro atoms. The molecular formula is C26H33N7O6. The first kappa shape index (κ1) is 29.1. The molecule has 0 radical (unpaired) electrons. The summed E-state index contributed by atoms with van der Waals surface area (Å²) in [4.78, 5) is 36.4. The zero-order chi connectivity index (χ0) is 27.7. The Balaban J connectivity index is 1.39. The van der Waals surface area contributed by atoms with Crippen molar-refractivity contribution in [2.75, 3.05) is 76.2 Å². The van der Waals surface area contributed by atoms with Gasteiger partial charge in [0.1, 0.15) is 12.3 Å². The molecule has 0 saturated heterocycles. The molecule has 4 N–H and O–H groups in total. The number of nitrogens with one attached hydrogen (secondary N) is 4. The number of anilines is 4. The normalized spacial score (nSPS) is 10.4. The van der Waals surface area contributed by atoms with Gasteiger partial charge in [-0.1, -0.05) is 24.3 Å². The van der Waals surface area contributed by atoms with E-state index in [0.29, 0.717) is 56.5 Å². The van der Waals surface area contributed by atoms with Gasteiger partial charge in [-0.15, -0.1) is 0 Å². The van der Waals surface area contributed by atoms with Gasteiger partial charge in [0.15, 0.2) is 0 Å². The quantitative estimate of drug-likeness (QED) is 0.146. The predicted molar refractivity (Wildman–Crippen MR) is 146 cm³/mol. The lowest BCUT2D eigenvalue weighted by Gasteiger charge is -2.12. The van der Waals surface area contributed by atoms with E-state index in [9.17, 15) is 9.59 Å². The zero-order valence-corrected chi connectivity index (χ0v) is 21.9. The standard InChI is InChI=1S/C26H33N7O6/c1-36-21-10-6-9-20(17-21)30-26-32-24(31-25(33-26)29-18-22(34)37-2)28-12-14-39-16-15-38-13-11-27-23(35)19-7-4-3-5-8-19/h3-10,17H,11-16,18H2,1-2H3,(H,27,35)(H3,28,29,30,31,32,33).